The Labute approximate surface area is 125 Å². The van der Waals surface area contributed by atoms with E-state index in [4.69, 9.17) is 51.1 Å². The number of Topliss-reactive ketones (excluding diaryl/α,β-unsaturated/α-hetero) is 1. The summed E-state index contributed by atoms with van der Waals surface area (Å²) >= 11 is 23.9. The number of ether oxygens (including phenoxy) is 1. The molecule has 0 radical (unpaired) electrons. The monoisotopic (exact) mass is 326 g/mol. The number of rotatable bonds is 2. The molecule has 98 valence electrons. The molecule has 0 spiro atoms. The Morgan fingerprint density at radius 1 is 1.22 bits per heavy atom. The summed E-state index contributed by atoms with van der Waals surface area (Å²) in [5.74, 6) is -0.256. The lowest BCUT2D eigenvalue weighted by Crippen LogP contribution is -2.34. The van der Waals surface area contributed by atoms with Crippen molar-refractivity contribution < 1.29 is 9.53 Å². The van der Waals surface area contributed by atoms with Gasteiger partial charge in [0.1, 0.15) is 5.60 Å². The third-order valence-electron chi connectivity index (χ3n) is 3.04. The number of hydrogen-bond donors (Lipinski definition) is 0. The molecule has 1 saturated heterocycles. The zero-order valence-electron chi connectivity index (χ0n) is 9.53. The van der Waals surface area contributed by atoms with Gasteiger partial charge in [0.05, 0.1) is 25.7 Å². The summed E-state index contributed by atoms with van der Waals surface area (Å²) in [7, 11) is 0. The molecule has 1 atom stereocenters. The van der Waals surface area contributed by atoms with Crippen molar-refractivity contribution in [2.45, 2.75) is 25.4 Å². The van der Waals surface area contributed by atoms with Crippen LogP contribution in [0.3, 0.4) is 0 Å². The highest BCUT2D eigenvalue weighted by Gasteiger charge is 2.40. The molecule has 18 heavy (non-hydrogen) atoms. The van der Waals surface area contributed by atoms with Crippen LogP contribution in [0.5, 0.6) is 0 Å². The fourth-order valence-corrected chi connectivity index (χ4v) is 3.08. The maximum Gasteiger partial charge on any atom is 0.197 e. The highest BCUT2D eigenvalue weighted by atomic mass is 35.5. The van der Waals surface area contributed by atoms with Gasteiger partial charge in [-0.05, 0) is 25.8 Å². The van der Waals surface area contributed by atoms with Crippen LogP contribution in [0.4, 0.5) is 0 Å². The van der Waals surface area contributed by atoms with Crippen LogP contribution in [0.2, 0.25) is 20.1 Å². The SMILES string of the molecule is CC1(C(=O)c2c(Cl)cc(Cl)c(Cl)c2Cl)CCCO1. The standard InChI is InChI=1S/C12H10Cl4O2/c1-12(3-2-4-18-12)11(17)8-6(13)5-7(14)9(15)10(8)16/h5H,2-4H2,1H3. The van der Waals surface area contributed by atoms with E-state index in [1.807, 2.05) is 0 Å². The second-order valence-electron chi connectivity index (χ2n) is 4.36. The van der Waals surface area contributed by atoms with Gasteiger partial charge in [0.25, 0.3) is 0 Å². The predicted octanol–water partition coefficient (Wildman–Crippen LogP) is 5.05. The van der Waals surface area contributed by atoms with Gasteiger partial charge in [-0.25, -0.2) is 0 Å². The van der Waals surface area contributed by atoms with E-state index in [9.17, 15) is 4.79 Å². The van der Waals surface area contributed by atoms with Gasteiger partial charge in [-0.2, -0.15) is 0 Å². The van der Waals surface area contributed by atoms with E-state index < -0.39 is 5.60 Å². The maximum absolute atomic E-state index is 12.5. The largest absolute Gasteiger partial charge is 0.367 e. The molecule has 1 unspecified atom stereocenters. The molecule has 6 heteroatoms. The van der Waals surface area contributed by atoms with Crippen molar-refractivity contribution >= 4 is 52.2 Å². The average Bonchev–Trinajstić information content (AvgIpc) is 2.74. The third-order valence-corrected chi connectivity index (χ3v) is 4.60. The lowest BCUT2D eigenvalue weighted by molar-refractivity contribution is 0.0214. The summed E-state index contributed by atoms with van der Waals surface area (Å²) in [5, 5.41) is 0.625. The Bertz CT molecular complexity index is 507. The summed E-state index contributed by atoms with van der Waals surface area (Å²) in [6.07, 6.45) is 1.47. The van der Waals surface area contributed by atoms with Crippen LogP contribution in [0.15, 0.2) is 6.07 Å². The Hall–Kier alpha value is 0.01000. The van der Waals surface area contributed by atoms with Gasteiger partial charge in [0, 0.05) is 6.61 Å². The third kappa shape index (κ3) is 2.37. The van der Waals surface area contributed by atoms with Gasteiger partial charge in [-0.3, -0.25) is 4.79 Å². The van der Waals surface area contributed by atoms with Crippen molar-refractivity contribution in [3.8, 4) is 0 Å². The number of carbonyl (C=O) groups excluding carboxylic acids is 1. The second kappa shape index (κ2) is 5.18. The van der Waals surface area contributed by atoms with Crippen molar-refractivity contribution in [2.24, 2.45) is 0 Å². The van der Waals surface area contributed by atoms with Crippen LogP contribution < -0.4 is 0 Å². The van der Waals surface area contributed by atoms with E-state index in [1.165, 1.54) is 6.07 Å². The van der Waals surface area contributed by atoms with E-state index in [-0.39, 0.29) is 31.4 Å². The van der Waals surface area contributed by atoms with Crippen LogP contribution in [0, 0.1) is 0 Å². The summed E-state index contributed by atoms with van der Waals surface area (Å²) in [5.41, 5.74) is -0.707. The van der Waals surface area contributed by atoms with Crippen LogP contribution >= 0.6 is 46.4 Å². The fourth-order valence-electron chi connectivity index (χ4n) is 2.00. The molecule has 1 heterocycles. The normalized spacial score (nSPS) is 23.4. The zero-order valence-corrected chi connectivity index (χ0v) is 12.6. The van der Waals surface area contributed by atoms with Crippen LogP contribution in [-0.4, -0.2) is 18.0 Å². The van der Waals surface area contributed by atoms with Gasteiger partial charge in [-0.1, -0.05) is 46.4 Å². The first-order valence-corrected chi connectivity index (χ1v) is 6.90. The number of benzene rings is 1. The van der Waals surface area contributed by atoms with Gasteiger partial charge in [0.2, 0.25) is 0 Å². The lowest BCUT2D eigenvalue weighted by Gasteiger charge is -2.23. The number of carbonyl (C=O) groups is 1. The predicted molar refractivity (Wildman–Crippen MR) is 74.4 cm³/mol. The molecule has 1 aromatic carbocycles. The Morgan fingerprint density at radius 2 is 1.89 bits per heavy atom. The average molecular weight is 328 g/mol. The highest BCUT2D eigenvalue weighted by molar-refractivity contribution is 6.51. The van der Waals surface area contributed by atoms with E-state index in [2.05, 4.69) is 0 Å². The summed E-state index contributed by atoms with van der Waals surface area (Å²) in [6, 6.07) is 1.42. The molecule has 1 fully saturated rings. The van der Waals surface area contributed by atoms with Crippen LogP contribution in [0.25, 0.3) is 0 Å². The molecule has 1 aliphatic heterocycles. The first kappa shape index (κ1) is 14.4. The fraction of sp³-hybridized carbons (Fsp3) is 0.417. The van der Waals surface area contributed by atoms with Gasteiger partial charge >= 0.3 is 0 Å². The molecule has 0 amide bonds. The van der Waals surface area contributed by atoms with E-state index >= 15 is 0 Å². The van der Waals surface area contributed by atoms with Crippen molar-refractivity contribution in [3.05, 3.63) is 31.7 Å². The Kier molecular flexibility index (Phi) is 4.15. The van der Waals surface area contributed by atoms with E-state index in [0.29, 0.717) is 13.0 Å². The van der Waals surface area contributed by atoms with Gasteiger partial charge in [0.15, 0.2) is 5.78 Å². The van der Waals surface area contributed by atoms with Crippen molar-refractivity contribution in [3.63, 3.8) is 0 Å². The highest BCUT2D eigenvalue weighted by Crippen LogP contribution is 2.41. The molecular weight excluding hydrogens is 318 g/mol. The zero-order chi connectivity index (χ0) is 13.5. The Balaban J connectivity index is 2.52. The van der Waals surface area contributed by atoms with Crippen molar-refractivity contribution in [1.29, 1.82) is 0 Å². The molecule has 2 nitrogen and oxygen atoms in total. The number of ketones is 1. The smallest absolute Gasteiger partial charge is 0.197 e. The minimum absolute atomic E-state index is 0.0795. The molecule has 1 aliphatic rings. The molecule has 2 rings (SSSR count). The first-order chi connectivity index (χ1) is 8.37. The van der Waals surface area contributed by atoms with E-state index in [0.717, 1.165) is 6.42 Å². The van der Waals surface area contributed by atoms with Crippen molar-refractivity contribution in [2.75, 3.05) is 6.61 Å². The molecule has 0 aromatic heterocycles. The summed E-state index contributed by atoms with van der Waals surface area (Å²) in [4.78, 5) is 12.5. The maximum atomic E-state index is 12.5. The molecule has 0 saturated carbocycles. The Morgan fingerprint density at radius 3 is 2.44 bits per heavy atom. The van der Waals surface area contributed by atoms with Crippen LogP contribution in [0.1, 0.15) is 30.1 Å². The van der Waals surface area contributed by atoms with Crippen LogP contribution in [-0.2, 0) is 4.74 Å². The van der Waals surface area contributed by atoms with E-state index in [1.54, 1.807) is 6.92 Å². The van der Waals surface area contributed by atoms with Gasteiger partial charge < -0.3 is 4.74 Å². The number of hydrogen-bond acceptors (Lipinski definition) is 2. The minimum Gasteiger partial charge on any atom is -0.367 e. The van der Waals surface area contributed by atoms with Crippen molar-refractivity contribution in [1.82, 2.24) is 0 Å². The molecule has 0 N–H and O–H groups in total. The summed E-state index contributed by atoms with van der Waals surface area (Å²) < 4.78 is 5.49. The second-order valence-corrected chi connectivity index (χ2v) is 5.93. The quantitative estimate of drug-likeness (QED) is 0.431. The minimum atomic E-state index is -0.884. The summed E-state index contributed by atoms with van der Waals surface area (Å²) in [6.45, 7) is 2.29. The topological polar surface area (TPSA) is 26.3 Å². The first-order valence-electron chi connectivity index (χ1n) is 5.38. The number of halogens is 4. The van der Waals surface area contributed by atoms with Gasteiger partial charge in [-0.15, -0.1) is 0 Å². The lowest BCUT2D eigenvalue weighted by atomic mass is 9.92. The molecular formula is C12H10Cl4O2. The molecule has 0 bridgehead atoms. The molecule has 1 aromatic rings. The molecule has 0 aliphatic carbocycles.